The lowest BCUT2D eigenvalue weighted by molar-refractivity contribution is -0.265. The highest BCUT2D eigenvalue weighted by atomic mass is 16.7. The normalized spacial score (nSPS) is 45.9. The molecule has 5 nitrogen and oxygen atoms in total. The molecule has 0 radical (unpaired) electrons. The van der Waals surface area contributed by atoms with Crippen LogP contribution in [0.2, 0.25) is 0 Å². The van der Waals surface area contributed by atoms with Gasteiger partial charge in [0.2, 0.25) is 0 Å². The van der Waals surface area contributed by atoms with Crippen LogP contribution in [-0.4, -0.2) is 40.8 Å². The van der Waals surface area contributed by atoms with Gasteiger partial charge in [-0.25, -0.2) is 4.79 Å². The maximum absolute atomic E-state index is 12.0. The zero-order valence-corrected chi connectivity index (χ0v) is 23.2. The van der Waals surface area contributed by atoms with Crippen molar-refractivity contribution >= 4 is 6.16 Å². The average molecular weight is 493 g/mol. The highest BCUT2D eigenvalue weighted by molar-refractivity contribution is 5.60. The number of hydrogen-bond acceptors (Lipinski definition) is 5. The first-order valence-corrected chi connectivity index (χ1v) is 14.7. The lowest BCUT2D eigenvalue weighted by Crippen LogP contribution is -2.68. The Bertz CT molecular complexity index is 753. The van der Waals surface area contributed by atoms with Crippen LogP contribution in [-0.2, 0) is 9.47 Å². The third kappa shape index (κ3) is 4.67. The molecule has 0 bridgehead atoms. The van der Waals surface area contributed by atoms with Gasteiger partial charge in [-0.05, 0) is 92.8 Å². The fourth-order valence-electron chi connectivity index (χ4n) is 9.66. The summed E-state index contributed by atoms with van der Waals surface area (Å²) in [5.41, 5.74) is -1.19. The van der Waals surface area contributed by atoms with Crippen molar-refractivity contribution in [3.8, 4) is 0 Å². The van der Waals surface area contributed by atoms with E-state index in [0.717, 1.165) is 37.0 Å². The van der Waals surface area contributed by atoms with Crippen LogP contribution >= 0.6 is 0 Å². The van der Waals surface area contributed by atoms with Crippen LogP contribution in [0, 0.1) is 46.3 Å². The van der Waals surface area contributed by atoms with Gasteiger partial charge in [-0.3, -0.25) is 0 Å². The van der Waals surface area contributed by atoms with Gasteiger partial charge in [-0.2, -0.15) is 0 Å². The molecule has 0 aromatic carbocycles. The second-order valence-corrected chi connectivity index (χ2v) is 13.7. The molecule has 35 heavy (non-hydrogen) atoms. The highest BCUT2D eigenvalue weighted by Crippen LogP contribution is 2.69. The van der Waals surface area contributed by atoms with Crippen LogP contribution in [0.5, 0.6) is 0 Å². The van der Waals surface area contributed by atoms with Gasteiger partial charge >= 0.3 is 6.16 Å². The van der Waals surface area contributed by atoms with E-state index in [0.29, 0.717) is 36.0 Å². The molecule has 4 rings (SSSR count). The molecular formula is C30H52O5. The molecule has 0 unspecified atom stereocenters. The monoisotopic (exact) mass is 492 g/mol. The Morgan fingerprint density at radius 3 is 2.46 bits per heavy atom. The van der Waals surface area contributed by atoms with Crippen molar-refractivity contribution in [1.82, 2.24) is 0 Å². The van der Waals surface area contributed by atoms with Crippen molar-refractivity contribution in [2.24, 2.45) is 46.3 Å². The molecule has 4 saturated carbocycles. The summed E-state index contributed by atoms with van der Waals surface area (Å²) in [5, 5.41) is 23.4. The van der Waals surface area contributed by atoms with Gasteiger partial charge in [-0.1, -0.05) is 53.9 Å². The van der Waals surface area contributed by atoms with Gasteiger partial charge in [0, 0.05) is 11.8 Å². The third-order valence-electron chi connectivity index (χ3n) is 11.5. The SMILES string of the molecule is CCOC(=O)O[C@H]1CC[C@]2(C)[C@@H]3CC[C@@]4(C)[C@H](CC[C@H]4[C@@H](C)CCCC(C)C)[C@H]3C[C@H](O)[C@@]2(O)C1. The number of hydrogen-bond donors (Lipinski definition) is 2. The Kier molecular flexibility index (Phi) is 7.90. The number of aliphatic hydroxyl groups is 2. The summed E-state index contributed by atoms with van der Waals surface area (Å²) in [7, 11) is 0. The molecule has 0 spiro atoms. The molecule has 10 atom stereocenters. The van der Waals surface area contributed by atoms with Gasteiger partial charge < -0.3 is 19.7 Å². The Morgan fingerprint density at radius 1 is 1.03 bits per heavy atom. The number of aliphatic hydroxyl groups excluding tert-OH is 1. The van der Waals surface area contributed by atoms with Crippen molar-refractivity contribution < 1.29 is 24.5 Å². The minimum Gasteiger partial charge on any atom is -0.435 e. The summed E-state index contributed by atoms with van der Waals surface area (Å²) in [6.07, 6.45) is 9.63. The molecule has 0 aliphatic heterocycles. The Hall–Kier alpha value is -0.810. The molecule has 4 aliphatic rings. The van der Waals surface area contributed by atoms with Gasteiger partial charge in [0.15, 0.2) is 0 Å². The summed E-state index contributed by atoms with van der Waals surface area (Å²) in [6, 6.07) is 0. The molecule has 4 aliphatic carbocycles. The molecule has 0 amide bonds. The van der Waals surface area contributed by atoms with Crippen LogP contribution < -0.4 is 0 Å². The zero-order valence-electron chi connectivity index (χ0n) is 23.2. The van der Waals surface area contributed by atoms with Gasteiger partial charge in [-0.15, -0.1) is 0 Å². The minimum absolute atomic E-state index is 0.275. The molecule has 4 fully saturated rings. The lowest BCUT2D eigenvalue weighted by Gasteiger charge is -2.65. The molecule has 5 heteroatoms. The summed E-state index contributed by atoms with van der Waals surface area (Å²) < 4.78 is 10.5. The molecule has 0 heterocycles. The molecule has 0 aromatic heterocycles. The zero-order chi connectivity index (χ0) is 25.6. The number of ether oxygens (including phenoxy) is 2. The smallest absolute Gasteiger partial charge is 0.435 e. The Balaban J connectivity index is 1.48. The lowest BCUT2D eigenvalue weighted by atomic mass is 9.42. The van der Waals surface area contributed by atoms with E-state index in [4.69, 9.17) is 9.47 Å². The minimum atomic E-state index is -1.21. The number of rotatable bonds is 7. The van der Waals surface area contributed by atoms with Gasteiger partial charge in [0.1, 0.15) is 6.10 Å². The molecule has 202 valence electrons. The first-order chi connectivity index (χ1) is 16.5. The maximum atomic E-state index is 12.0. The van der Waals surface area contributed by atoms with Gasteiger partial charge in [0.05, 0.1) is 18.3 Å². The van der Waals surface area contributed by atoms with Crippen molar-refractivity contribution in [3.05, 3.63) is 0 Å². The van der Waals surface area contributed by atoms with Crippen molar-refractivity contribution in [3.63, 3.8) is 0 Å². The fraction of sp³-hybridized carbons (Fsp3) is 0.967. The van der Waals surface area contributed by atoms with Crippen molar-refractivity contribution in [2.45, 2.75) is 130 Å². The maximum Gasteiger partial charge on any atom is 0.508 e. The number of fused-ring (bicyclic) bond motifs is 5. The number of carbonyl (C=O) groups is 1. The summed E-state index contributed by atoms with van der Waals surface area (Å²) >= 11 is 0. The quantitative estimate of drug-likeness (QED) is 0.385. The third-order valence-corrected chi connectivity index (χ3v) is 11.5. The predicted molar refractivity (Wildman–Crippen MR) is 138 cm³/mol. The van der Waals surface area contributed by atoms with E-state index in [1.54, 1.807) is 6.92 Å². The predicted octanol–water partition coefficient (Wildman–Crippen LogP) is 6.74. The first-order valence-electron chi connectivity index (χ1n) is 14.7. The van der Waals surface area contributed by atoms with E-state index in [1.807, 2.05) is 0 Å². The van der Waals surface area contributed by atoms with Crippen LogP contribution in [0.25, 0.3) is 0 Å². The summed E-state index contributed by atoms with van der Waals surface area (Å²) in [6.45, 7) is 14.0. The standard InChI is InChI=1S/C30H52O5/c1-7-34-27(32)35-21-13-16-29(6)25-14-15-28(5)23(20(4)10-8-9-19(2)3)11-12-24(28)22(25)17-26(31)30(29,33)18-21/h19-26,31,33H,7-18H2,1-6H3/t20-,21-,22+,23-,24+,25+,26-,28+,29+,30-/m0/s1. The second kappa shape index (κ2) is 10.2. The van der Waals surface area contributed by atoms with E-state index >= 15 is 0 Å². The van der Waals surface area contributed by atoms with Crippen LogP contribution in [0.15, 0.2) is 0 Å². The van der Waals surface area contributed by atoms with E-state index < -0.39 is 24.0 Å². The largest absolute Gasteiger partial charge is 0.508 e. The molecular weight excluding hydrogens is 440 g/mol. The van der Waals surface area contributed by atoms with Crippen molar-refractivity contribution in [2.75, 3.05) is 6.61 Å². The molecule has 2 N–H and O–H groups in total. The van der Waals surface area contributed by atoms with Gasteiger partial charge in [0.25, 0.3) is 0 Å². The Labute approximate surface area is 213 Å². The van der Waals surface area contributed by atoms with Crippen LogP contribution in [0.3, 0.4) is 0 Å². The summed E-state index contributed by atoms with van der Waals surface area (Å²) in [5.74, 6) is 3.86. The first kappa shape index (κ1) is 27.2. The van der Waals surface area contributed by atoms with E-state index in [-0.39, 0.29) is 12.0 Å². The topological polar surface area (TPSA) is 76.0 Å². The van der Waals surface area contributed by atoms with Crippen molar-refractivity contribution in [1.29, 1.82) is 0 Å². The fourth-order valence-corrected chi connectivity index (χ4v) is 9.66. The summed E-state index contributed by atoms with van der Waals surface area (Å²) in [4.78, 5) is 11.9. The second-order valence-electron chi connectivity index (χ2n) is 13.7. The average Bonchev–Trinajstić information content (AvgIpc) is 3.13. The number of carbonyl (C=O) groups excluding carboxylic acids is 1. The Morgan fingerprint density at radius 2 is 1.77 bits per heavy atom. The molecule has 0 aromatic rings. The van der Waals surface area contributed by atoms with E-state index in [9.17, 15) is 15.0 Å². The van der Waals surface area contributed by atoms with E-state index in [1.165, 1.54) is 38.5 Å². The highest BCUT2D eigenvalue weighted by Gasteiger charge is 2.67. The molecule has 0 saturated heterocycles. The van der Waals surface area contributed by atoms with E-state index in [2.05, 4.69) is 34.6 Å². The van der Waals surface area contributed by atoms with Crippen LogP contribution in [0.4, 0.5) is 4.79 Å². The van der Waals surface area contributed by atoms with Crippen LogP contribution in [0.1, 0.15) is 112 Å².